The lowest BCUT2D eigenvalue weighted by molar-refractivity contribution is 0.0584. The second-order valence-corrected chi connectivity index (χ2v) is 11.3. The van der Waals surface area contributed by atoms with Gasteiger partial charge in [-0.1, -0.05) is 80.6 Å². The lowest BCUT2D eigenvalue weighted by Gasteiger charge is -2.31. The molecule has 1 aliphatic rings. The number of aromatic hydroxyl groups is 1. The van der Waals surface area contributed by atoms with Gasteiger partial charge in [0, 0.05) is 18.7 Å². The quantitative estimate of drug-likeness (QED) is 0.115. The summed E-state index contributed by atoms with van der Waals surface area (Å²) >= 11 is 0. The average molecular weight is 608 g/mol. The van der Waals surface area contributed by atoms with Crippen LogP contribution in [0.15, 0.2) is 66.7 Å². The first-order chi connectivity index (χ1) is 21.4. The number of rotatable bonds is 16. The third-order valence-corrected chi connectivity index (χ3v) is 8.04. The number of hydrogen-bond acceptors (Lipinski definition) is 6. The molecule has 0 saturated carbocycles. The molecule has 0 unspecified atom stereocenters. The van der Waals surface area contributed by atoms with E-state index in [9.17, 15) is 23.5 Å². The number of para-hydroxylation sites is 1. The summed E-state index contributed by atoms with van der Waals surface area (Å²) in [5, 5.41) is 15.6. The maximum Gasteiger partial charge on any atom is 0.411 e. The fourth-order valence-corrected chi connectivity index (χ4v) is 5.53. The van der Waals surface area contributed by atoms with Gasteiger partial charge in [-0.25, -0.2) is 9.18 Å². The van der Waals surface area contributed by atoms with Crippen molar-refractivity contribution in [3.63, 3.8) is 0 Å². The van der Waals surface area contributed by atoms with Crippen molar-refractivity contribution in [1.29, 1.82) is 0 Å². The highest BCUT2D eigenvalue weighted by molar-refractivity contribution is 6.00. The molecule has 9 heteroatoms. The van der Waals surface area contributed by atoms with Crippen LogP contribution in [0.2, 0.25) is 0 Å². The van der Waals surface area contributed by atoms with Crippen LogP contribution in [0, 0.1) is 11.6 Å². The summed E-state index contributed by atoms with van der Waals surface area (Å²) in [7, 11) is 0. The van der Waals surface area contributed by atoms with Crippen molar-refractivity contribution in [2.45, 2.75) is 63.9 Å². The van der Waals surface area contributed by atoms with Crippen molar-refractivity contribution in [2.75, 3.05) is 38.0 Å². The molecule has 1 saturated heterocycles. The molecule has 4 rings (SSSR count). The lowest BCUT2D eigenvalue weighted by Crippen LogP contribution is -2.38. The predicted molar refractivity (Wildman–Crippen MR) is 169 cm³/mol. The number of hydrogen-bond donors (Lipinski definition) is 3. The molecule has 0 aliphatic carbocycles. The van der Waals surface area contributed by atoms with Gasteiger partial charge in [-0.3, -0.25) is 10.1 Å². The summed E-state index contributed by atoms with van der Waals surface area (Å²) in [5.74, 6) is -3.97. The minimum Gasteiger partial charge on any atom is -0.504 e. The van der Waals surface area contributed by atoms with Crippen molar-refractivity contribution < 1.29 is 28.2 Å². The van der Waals surface area contributed by atoms with Gasteiger partial charge in [-0.15, -0.1) is 0 Å². The smallest absolute Gasteiger partial charge is 0.411 e. The molecule has 1 aliphatic heterocycles. The largest absolute Gasteiger partial charge is 0.504 e. The van der Waals surface area contributed by atoms with Crippen LogP contribution in [0.4, 0.5) is 19.3 Å². The SMILES string of the molecule is O=C(Nc1ccccc1-c1ccccc1)OC1CCN(CCCCCCCCCNCC(=O)c2ccc(F)c(F)c2O)CC1. The Morgan fingerprint density at radius 3 is 2.25 bits per heavy atom. The number of carbonyl (C=O) groups is 2. The van der Waals surface area contributed by atoms with Crippen molar-refractivity contribution >= 4 is 17.6 Å². The van der Waals surface area contributed by atoms with Crippen LogP contribution in [0.25, 0.3) is 11.1 Å². The number of phenols is 1. The third-order valence-electron chi connectivity index (χ3n) is 8.04. The van der Waals surface area contributed by atoms with E-state index in [1.807, 2.05) is 54.6 Å². The molecule has 44 heavy (non-hydrogen) atoms. The first kappa shape index (κ1) is 33.1. The molecule has 3 aromatic carbocycles. The van der Waals surface area contributed by atoms with Gasteiger partial charge in [0.05, 0.1) is 17.8 Å². The zero-order valence-electron chi connectivity index (χ0n) is 25.2. The second kappa shape index (κ2) is 17.5. The van der Waals surface area contributed by atoms with Crippen LogP contribution in [-0.2, 0) is 4.74 Å². The van der Waals surface area contributed by atoms with E-state index in [0.717, 1.165) is 87.1 Å². The zero-order valence-corrected chi connectivity index (χ0v) is 25.2. The summed E-state index contributed by atoms with van der Waals surface area (Å²) < 4.78 is 32.3. The molecule has 1 heterocycles. The molecule has 0 bridgehead atoms. The van der Waals surface area contributed by atoms with Gasteiger partial charge in [0.2, 0.25) is 5.82 Å². The van der Waals surface area contributed by atoms with E-state index in [1.54, 1.807) is 0 Å². The summed E-state index contributed by atoms with van der Waals surface area (Å²) in [5.41, 5.74) is 2.54. The Bertz CT molecular complexity index is 1350. The number of carbonyl (C=O) groups excluding carboxylic acids is 2. The van der Waals surface area contributed by atoms with E-state index < -0.39 is 29.3 Å². The molecular weight excluding hydrogens is 564 g/mol. The number of amides is 1. The molecule has 7 nitrogen and oxygen atoms in total. The minimum atomic E-state index is -1.39. The Morgan fingerprint density at radius 2 is 1.50 bits per heavy atom. The first-order valence-corrected chi connectivity index (χ1v) is 15.7. The first-order valence-electron chi connectivity index (χ1n) is 15.7. The number of piperidine rings is 1. The van der Waals surface area contributed by atoms with Crippen LogP contribution in [0.5, 0.6) is 5.75 Å². The Kier molecular flexibility index (Phi) is 13.1. The van der Waals surface area contributed by atoms with E-state index >= 15 is 0 Å². The molecule has 1 amide bonds. The van der Waals surface area contributed by atoms with Gasteiger partial charge >= 0.3 is 6.09 Å². The maximum atomic E-state index is 13.4. The number of Topliss-reactive ketones (excluding diaryl/α,β-unsaturated/α-hetero) is 1. The Labute approximate surface area is 258 Å². The second-order valence-electron chi connectivity index (χ2n) is 11.3. The Hall–Kier alpha value is -3.82. The number of ether oxygens (including phenoxy) is 1. The van der Waals surface area contributed by atoms with Crippen molar-refractivity contribution in [3.8, 4) is 16.9 Å². The van der Waals surface area contributed by atoms with Crippen LogP contribution < -0.4 is 10.6 Å². The summed E-state index contributed by atoms with van der Waals surface area (Å²) in [6.07, 6.45) is 9.00. The summed E-state index contributed by atoms with van der Waals surface area (Å²) in [6.45, 7) is 3.55. The summed E-state index contributed by atoms with van der Waals surface area (Å²) in [6, 6.07) is 19.7. The molecule has 0 radical (unpaired) electrons. The number of halogens is 2. The number of anilines is 1. The molecule has 0 atom stereocenters. The number of likely N-dealkylation sites (tertiary alicyclic amines) is 1. The van der Waals surface area contributed by atoms with Crippen LogP contribution >= 0.6 is 0 Å². The third kappa shape index (κ3) is 10.1. The number of nitrogens with one attached hydrogen (secondary N) is 2. The standard InChI is InChI=1S/C35H43F2N3O4/c36-30-18-17-29(34(42)33(30)37)32(41)25-38-21-11-4-2-1-3-5-12-22-40-23-19-27(20-24-40)44-35(43)39-31-16-10-9-15-28(31)26-13-7-6-8-14-26/h6-10,13-18,27,38,42H,1-5,11-12,19-25H2,(H,39,43). The maximum absolute atomic E-state index is 13.4. The number of unbranched alkanes of at least 4 members (excludes halogenated alkanes) is 6. The molecule has 3 aromatic rings. The van der Waals surface area contributed by atoms with Gasteiger partial charge in [0.15, 0.2) is 17.3 Å². The van der Waals surface area contributed by atoms with Gasteiger partial charge in [0.25, 0.3) is 0 Å². The minimum absolute atomic E-state index is 0.0293. The molecule has 1 fully saturated rings. The van der Waals surface area contributed by atoms with Crippen molar-refractivity contribution in [2.24, 2.45) is 0 Å². The molecule has 236 valence electrons. The van der Waals surface area contributed by atoms with Gasteiger partial charge in [-0.05, 0) is 62.5 Å². The van der Waals surface area contributed by atoms with Crippen LogP contribution in [-0.4, -0.2) is 60.7 Å². The number of nitrogens with zero attached hydrogens (tertiary/aromatic N) is 1. The highest BCUT2D eigenvalue weighted by atomic mass is 19.2. The normalized spacial score (nSPS) is 14.0. The van der Waals surface area contributed by atoms with Gasteiger partial charge in [-0.2, -0.15) is 4.39 Å². The van der Waals surface area contributed by atoms with Crippen molar-refractivity contribution in [1.82, 2.24) is 10.2 Å². The monoisotopic (exact) mass is 607 g/mol. The number of phenolic OH excluding ortho intramolecular Hbond substituents is 1. The van der Waals surface area contributed by atoms with E-state index in [1.165, 1.54) is 19.3 Å². The van der Waals surface area contributed by atoms with Gasteiger partial charge < -0.3 is 20.1 Å². The van der Waals surface area contributed by atoms with Crippen LogP contribution in [0.1, 0.15) is 68.1 Å². The highest BCUT2D eigenvalue weighted by Gasteiger charge is 2.22. The van der Waals surface area contributed by atoms with E-state index in [-0.39, 0.29) is 18.2 Å². The molecule has 0 spiro atoms. The molecular formula is C35H43F2N3O4. The van der Waals surface area contributed by atoms with E-state index in [2.05, 4.69) is 15.5 Å². The number of ketones is 1. The highest BCUT2D eigenvalue weighted by Crippen LogP contribution is 2.28. The predicted octanol–water partition coefficient (Wildman–Crippen LogP) is 7.55. The zero-order chi connectivity index (χ0) is 31.1. The van der Waals surface area contributed by atoms with Gasteiger partial charge in [0.1, 0.15) is 6.10 Å². The average Bonchev–Trinajstić information content (AvgIpc) is 3.04. The fourth-order valence-electron chi connectivity index (χ4n) is 5.53. The summed E-state index contributed by atoms with van der Waals surface area (Å²) in [4.78, 5) is 27.2. The Balaban J connectivity index is 0.994. The fraction of sp³-hybridized carbons (Fsp3) is 0.429. The van der Waals surface area contributed by atoms with Crippen molar-refractivity contribution in [3.05, 3.63) is 83.9 Å². The number of benzene rings is 3. The molecule has 3 N–H and O–H groups in total. The topological polar surface area (TPSA) is 90.9 Å². The van der Waals surface area contributed by atoms with Crippen LogP contribution in [0.3, 0.4) is 0 Å². The van der Waals surface area contributed by atoms with E-state index in [0.29, 0.717) is 6.54 Å². The lowest BCUT2D eigenvalue weighted by atomic mass is 10.0. The Morgan fingerprint density at radius 1 is 0.841 bits per heavy atom. The molecule has 0 aromatic heterocycles. The van der Waals surface area contributed by atoms with E-state index in [4.69, 9.17) is 4.74 Å².